The van der Waals surface area contributed by atoms with Crippen LogP contribution in [-0.2, 0) is 6.54 Å². The van der Waals surface area contributed by atoms with Crippen molar-refractivity contribution < 1.29 is 14.4 Å². The summed E-state index contributed by atoms with van der Waals surface area (Å²) in [5.74, 6) is -0.469. The summed E-state index contributed by atoms with van der Waals surface area (Å²) in [6.45, 7) is 1.84. The van der Waals surface area contributed by atoms with E-state index in [9.17, 15) is 14.4 Å². The molecule has 6 nitrogen and oxygen atoms in total. The van der Waals surface area contributed by atoms with E-state index in [2.05, 4.69) is 4.98 Å². The Labute approximate surface area is 195 Å². The zero-order chi connectivity index (χ0) is 23.1. The number of ketones is 1. The number of benzene rings is 3. The third kappa shape index (κ3) is 3.45. The Morgan fingerprint density at radius 3 is 2.09 bits per heavy atom. The van der Waals surface area contributed by atoms with Crippen LogP contribution in [0.4, 0.5) is 0 Å². The normalized spacial score (nSPS) is 12.8. The predicted molar refractivity (Wildman–Crippen MR) is 124 cm³/mol. The molecule has 0 atom stereocenters. The molecule has 0 unspecified atom stereocenters. The average Bonchev–Trinajstić information content (AvgIpc) is 3.31. The van der Waals surface area contributed by atoms with Gasteiger partial charge in [-0.05, 0) is 43.3 Å². The number of carbonyl (C=O) groups excluding carboxylic acids is 3. The second kappa shape index (κ2) is 8.15. The van der Waals surface area contributed by atoms with Gasteiger partial charge < -0.3 is 0 Å². The van der Waals surface area contributed by atoms with Gasteiger partial charge in [0.2, 0.25) is 0 Å². The Kier molecular flexibility index (Phi) is 5.15. The molecule has 162 valence electrons. The molecule has 1 aliphatic rings. The first-order valence-corrected chi connectivity index (χ1v) is 10.7. The fraction of sp³-hybridized carbons (Fsp3) is 0.0769. The zero-order valence-corrected chi connectivity index (χ0v) is 18.4. The van der Waals surface area contributed by atoms with Gasteiger partial charge in [-0.15, -0.1) is 0 Å². The largest absolute Gasteiger partial charge is 0.299 e. The maximum absolute atomic E-state index is 13.4. The molecule has 0 aliphatic carbocycles. The second-order valence-corrected chi connectivity index (χ2v) is 8.13. The minimum absolute atomic E-state index is 0.0190. The summed E-state index contributed by atoms with van der Waals surface area (Å²) in [6.07, 6.45) is 1.66. The first-order valence-electron chi connectivity index (χ1n) is 10.3. The Morgan fingerprint density at radius 1 is 0.848 bits per heavy atom. The van der Waals surface area contributed by atoms with Crippen molar-refractivity contribution in [2.45, 2.75) is 13.5 Å². The SMILES string of the molecule is Cc1cnc(CN2C(=O)c3ccccc3C2=O)n1-c1ccccc1C(=O)c1ccccc1Cl. The summed E-state index contributed by atoms with van der Waals surface area (Å²) in [5.41, 5.74) is 2.96. The van der Waals surface area contributed by atoms with Crippen LogP contribution in [0.2, 0.25) is 5.02 Å². The zero-order valence-electron chi connectivity index (χ0n) is 17.7. The van der Waals surface area contributed by atoms with Crippen LogP contribution < -0.4 is 0 Å². The van der Waals surface area contributed by atoms with Gasteiger partial charge >= 0.3 is 0 Å². The highest BCUT2D eigenvalue weighted by atomic mass is 35.5. The van der Waals surface area contributed by atoms with E-state index in [4.69, 9.17) is 11.6 Å². The molecule has 0 saturated heterocycles. The number of hydrogen-bond donors (Lipinski definition) is 0. The number of amides is 2. The number of nitrogens with zero attached hydrogens (tertiary/aromatic N) is 3. The van der Waals surface area contributed by atoms with Gasteiger partial charge in [-0.3, -0.25) is 23.9 Å². The lowest BCUT2D eigenvalue weighted by molar-refractivity contribution is 0.0637. The van der Waals surface area contributed by atoms with Gasteiger partial charge in [-0.1, -0.05) is 48.0 Å². The Morgan fingerprint density at radius 2 is 1.42 bits per heavy atom. The van der Waals surface area contributed by atoms with E-state index in [1.807, 2.05) is 19.1 Å². The molecule has 0 saturated carbocycles. The molecule has 0 N–H and O–H groups in total. The van der Waals surface area contributed by atoms with E-state index in [0.717, 1.165) is 5.69 Å². The minimum Gasteiger partial charge on any atom is -0.299 e. The van der Waals surface area contributed by atoms with E-state index in [1.54, 1.807) is 71.4 Å². The summed E-state index contributed by atoms with van der Waals surface area (Å²) in [7, 11) is 0. The molecule has 7 heteroatoms. The topological polar surface area (TPSA) is 72.3 Å². The molecule has 1 aromatic heterocycles. The fourth-order valence-electron chi connectivity index (χ4n) is 4.10. The van der Waals surface area contributed by atoms with Crippen molar-refractivity contribution in [2.24, 2.45) is 0 Å². The number of imidazole rings is 1. The van der Waals surface area contributed by atoms with Gasteiger partial charge in [0.15, 0.2) is 5.78 Å². The number of aryl methyl sites for hydroxylation is 1. The quantitative estimate of drug-likeness (QED) is 0.318. The lowest BCUT2D eigenvalue weighted by atomic mass is 10.0. The number of hydrogen-bond acceptors (Lipinski definition) is 4. The number of aromatic nitrogens is 2. The van der Waals surface area contributed by atoms with Crippen molar-refractivity contribution in [2.75, 3.05) is 0 Å². The molecule has 5 rings (SSSR count). The molecule has 4 aromatic rings. The maximum Gasteiger partial charge on any atom is 0.261 e. The summed E-state index contributed by atoms with van der Waals surface area (Å²) in [4.78, 5) is 44.7. The fourth-order valence-corrected chi connectivity index (χ4v) is 4.32. The number of imide groups is 1. The summed E-state index contributed by atoms with van der Waals surface area (Å²) in [6, 6.07) is 20.8. The van der Waals surface area contributed by atoms with E-state index in [1.165, 1.54) is 4.90 Å². The molecule has 3 aromatic carbocycles. The van der Waals surface area contributed by atoms with Gasteiger partial charge in [0.05, 0.1) is 28.4 Å². The van der Waals surface area contributed by atoms with Crippen LogP contribution in [-0.4, -0.2) is 32.0 Å². The van der Waals surface area contributed by atoms with Crippen molar-refractivity contribution >= 4 is 29.2 Å². The van der Waals surface area contributed by atoms with Crippen LogP contribution in [0.5, 0.6) is 0 Å². The molecule has 0 fully saturated rings. The number of para-hydroxylation sites is 1. The predicted octanol–water partition coefficient (Wildman–Crippen LogP) is 4.86. The lowest BCUT2D eigenvalue weighted by Gasteiger charge is -2.18. The average molecular weight is 456 g/mol. The van der Waals surface area contributed by atoms with Gasteiger partial charge in [-0.2, -0.15) is 0 Å². The Balaban J connectivity index is 1.56. The van der Waals surface area contributed by atoms with Gasteiger partial charge in [0.25, 0.3) is 11.8 Å². The van der Waals surface area contributed by atoms with Crippen LogP contribution in [0.3, 0.4) is 0 Å². The number of halogens is 1. The number of rotatable bonds is 5. The summed E-state index contributed by atoms with van der Waals surface area (Å²) < 4.78 is 1.80. The number of fused-ring (bicyclic) bond motifs is 1. The first-order chi connectivity index (χ1) is 16.0. The van der Waals surface area contributed by atoms with Crippen LogP contribution in [0.25, 0.3) is 5.69 Å². The maximum atomic E-state index is 13.4. The van der Waals surface area contributed by atoms with Crippen molar-refractivity contribution in [3.05, 3.63) is 118 Å². The lowest BCUT2D eigenvalue weighted by Crippen LogP contribution is -2.30. The standard InChI is InChI=1S/C26H18ClN3O3/c1-16-14-28-23(15-29-25(32)17-8-2-3-9-18(17)26(29)33)30(16)22-13-7-5-11-20(22)24(31)19-10-4-6-12-21(19)27/h2-14H,15H2,1H3. The molecule has 0 bridgehead atoms. The van der Waals surface area contributed by atoms with Gasteiger partial charge in [0.1, 0.15) is 5.82 Å². The van der Waals surface area contributed by atoms with E-state index >= 15 is 0 Å². The molecular weight excluding hydrogens is 438 g/mol. The van der Waals surface area contributed by atoms with Crippen LogP contribution in [0, 0.1) is 6.92 Å². The van der Waals surface area contributed by atoms with Crippen molar-refractivity contribution in [1.29, 1.82) is 0 Å². The van der Waals surface area contributed by atoms with Crippen LogP contribution in [0.1, 0.15) is 48.2 Å². The van der Waals surface area contributed by atoms with Crippen molar-refractivity contribution in [3.8, 4) is 5.69 Å². The molecular formula is C26H18ClN3O3. The highest BCUT2D eigenvalue weighted by molar-refractivity contribution is 6.35. The number of carbonyl (C=O) groups is 3. The van der Waals surface area contributed by atoms with Crippen molar-refractivity contribution in [1.82, 2.24) is 14.5 Å². The van der Waals surface area contributed by atoms with Gasteiger partial charge in [0, 0.05) is 23.0 Å². The van der Waals surface area contributed by atoms with E-state index in [0.29, 0.717) is 38.8 Å². The molecule has 2 amide bonds. The molecule has 0 spiro atoms. The summed E-state index contributed by atoms with van der Waals surface area (Å²) in [5, 5.41) is 0.367. The van der Waals surface area contributed by atoms with Gasteiger partial charge in [-0.25, -0.2) is 4.98 Å². The third-order valence-corrected chi connectivity index (χ3v) is 6.03. The smallest absolute Gasteiger partial charge is 0.261 e. The Bertz CT molecular complexity index is 1410. The third-order valence-electron chi connectivity index (χ3n) is 5.70. The molecule has 33 heavy (non-hydrogen) atoms. The molecule has 0 radical (unpaired) electrons. The minimum atomic E-state index is -0.358. The second-order valence-electron chi connectivity index (χ2n) is 7.72. The van der Waals surface area contributed by atoms with E-state index < -0.39 is 0 Å². The Hall–Kier alpha value is -4.03. The van der Waals surface area contributed by atoms with Crippen LogP contribution >= 0.6 is 11.6 Å². The van der Waals surface area contributed by atoms with Crippen molar-refractivity contribution in [3.63, 3.8) is 0 Å². The monoisotopic (exact) mass is 455 g/mol. The molecule has 1 aliphatic heterocycles. The highest BCUT2D eigenvalue weighted by Crippen LogP contribution is 2.28. The van der Waals surface area contributed by atoms with E-state index in [-0.39, 0.29) is 24.1 Å². The van der Waals surface area contributed by atoms with Crippen LogP contribution in [0.15, 0.2) is 79.0 Å². The summed E-state index contributed by atoms with van der Waals surface area (Å²) >= 11 is 6.28. The molecule has 2 heterocycles. The highest BCUT2D eigenvalue weighted by Gasteiger charge is 2.36. The first kappa shape index (κ1) is 20.8.